The Bertz CT molecular complexity index is 749. The average Bonchev–Trinajstić information content (AvgIpc) is 2.74. The van der Waals surface area contributed by atoms with E-state index in [0.717, 1.165) is 11.0 Å². The lowest BCUT2D eigenvalue weighted by atomic mass is 10.1. The van der Waals surface area contributed by atoms with Crippen molar-refractivity contribution in [1.29, 1.82) is 0 Å². The van der Waals surface area contributed by atoms with E-state index in [2.05, 4.69) is 0 Å². The molecule has 22 heavy (non-hydrogen) atoms. The molecule has 2 aromatic carbocycles. The number of rotatable bonds is 3. The van der Waals surface area contributed by atoms with E-state index in [1.807, 2.05) is 0 Å². The van der Waals surface area contributed by atoms with E-state index in [1.165, 1.54) is 6.07 Å². The zero-order chi connectivity index (χ0) is 15.9. The quantitative estimate of drug-likeness (QED) is 0.455. The molecule has 6 heteroatoms. The summed E-state index contributed by atoms with van der Waals surface area (Å²) >= 11 is 0. The molecule has 6 nitrogen and oxygen atoms in total. The smallest absolute Gasteiger partial charge is 0.261 e. The Morgan fingerprint density at radius 3 is 1.95 bits per heavy atom. The molecule has 0 fully saturated rings. The van der Waals surface area contributed by atoms with Crippen LogP contribution in [0, 0.1) is 0 Å². The molecular formula is C16H13NO5. The first-order chi connectivity index (χ1) is 10.5. The third kappa shape index (κ3) is 2.14. The molecule has 1 aliphatic rings. The van der Waals surface area contributed by atoms with Gasteiger partial charge in [0.25, 0.3) is 11.8 Å². The van der Waals surface area contributed by atoms with Gasteiger partial charge in [-0.05, 0) is 30.2 Å². The number of nitrogens with zero attached hydrogens (tertiary/aromatic N) is 1. The molecule has 3 rings (SSSR count). The molecule has 1 aliphatic heterocycles. The second kappa shape index (κ2) is 5.07. The van der Waals surface area contributed by atoms with Crippen molar-refractivity contribution in [3.05, 3.63) is 53.1 Å². The van der Waals surface area contributed by atoms with Gasteiger partial charge in [-0.25, -0.2) is 0 Å². The highest BCUT2D eigenvalue weighted by Gasteiger charge is 2.34. The van der Waals surface area contributed by atoms with Crippen molar-refractivity contribution in [2.75, 3.05) is 6.54 Å². The number of phenols is 3. The molecule has 3 N–H and O–H groups in total. The minimum atomic E-state index is -0.429. The number of hydrogen-bond donors (Lipinski definition) is 3. The number of aromatic hydroxyl groups is 3. The fourth-order valence-electron chi connectivity index (χ4n) is 2.48. The summed E-state index contributed by atoms with van der Waals surface area (Å²) in [5.41, 5.74) is 1.07. The van der Waals surface area contributed by atoms with Gasteiger partial charge in [0.1, 0.15) is 5.75 Å². The van der Waals surface area contributed by atoms with Crippen molar-refractivity contribution in [2.24, 2.45) is 0 Å². The van der Waals surface area contributed by atoms with Crippen LogP contribution in [0.1, 0.15) is 26.3 Å². The number of imide groups is 1. The lowest BCUT2D eigenvalue weighted by Gasteiger charge is -2.14. The van der Waals surface area contributed by atoms with Crippen LogP contribution in [0.15, 0.2) is 36.4 Å². The van der Waals surface area contributed by atoms with Gasteiger partial charge in [-0.15, -0.1) is 0 Å². The fraction of sp³-hybridized carbons (Fsp3) is 0.125. The first kappa shape index (κ1) is 13.9. The average molecular weight is 299 g/mol. The lowest BCUT2D eigenvalue weighted by Crippen LogP contribution is -2.31. The molecule has 0 saturated carbocycles. The van der Waals surface area contributed by atoms with Gasteiger partial charge < -0.3 is 15.3 Å². The summed E-state index contributed by atoms with van der Waals surface area (Å²) in [4.78, 5) is 25.5. The van der Waals surface area contributed by atoms with E-state index in [0.29, 0.717) is 16.7 Å². The highest BCUT2D eigenvalue weighted by atomic mass is 16.3. The predicted molar refractivity (Wildman–Crippen MR) is 76.9 cm³/mol. The van der Waals surface area contributed by atoms with E-state index in [9.17, 15) is 24.9 Å². The van der Waals surface area contributed by atoms with E-state index >= 15 is 0 Å². The Morgan fingerprint density at radius 1 is 0.818 bits per heavy atom. The van der Waals surface area contributed by atoms with Gasteiger partial charge in [-0.3, -0.25) is 14.5 Å². The van der Waals surface area contributed by atoms with E-state index < -0.39 is 5.75 Å². The largest absolute Gasteiger partial charge is 0.508 e. The molecular weight excluding hydrogens is 286 g/mol. The zero-order valence-corrected chi connectivity index (χ0v) is 11.5. The van der Waals surface area contributed by atoms with Crippen molar-refractivity contribution < 1.29 is 24.9 Å². The zero-order valence-electron chi connectivity index (χ0n) is 11.5. The van der Waals surface area contributed by atoms with Crippen LogP contribution in [0.3, 0.4) is 0 Å². The number of benzene rings is 2. The second-order valence-corrected chi connectivity index (χ2v) is 5.03. The van der Waals surface area contributed by atoms with Gasteiger partial charge >= 0.3 is 0 Å². The van der Waals surface area contributed by atoms with Crippen molar-refractivity contribution in [3.63, 3.8) is 0 Å². The summed E-state index contributed by atoms with van der Waals surface area (Å²) in [6.07, 6.45) is 0.172. The first-order valence-corrected chi connectivity index (χ1v) is 6.68. The molecule has 0 bridgehead atoms. The van der Waals surface area contributed by atoms with Crippen molar-refractivity contribution in [2.45, 2.75) is 6.42 Å². The summed E-state index contributed by atoms with van der Waals surface area (Å²) in [5.74, 6) is -1.74. The monoisotopic (exact) mass is 299 g/mol. The van der Waals surface area contributed by atoms with Gasteiger partial charge in [0.05, 0.1) is 11.1 Å². The van der Waals surface area contributed by atoms with Crippen LogP contribution in [0.2, 0.25) is 0 Å². The maximum absolute atomic E-state index is 12.2. The second-order valence-electron chi connectivity index (χ2n) is 5.03. The Morgan fingerprint density at radius 2 is 1.36 bits per heavy atom. The minimum Gasteiger partial charge on any atom is -0.508 e. The van der Waals surface area contributed by atoms with Crippen LogP contribution in [0.5, 0.6) is 17.2 Å². The number of fused-ring (bicyclic) bond motifs is 1. The summed E-state index contributed by atoms with van der Waals surface area (Å²) in [6, 6.07) is 8.81. The first-order valence-electron chi connectivity index (χ1n) is 6.68. The van der Waals surface area contributed by atoms with Crippen LogP contribution in [-0.4, -0.2) is 38.6 Å². The molecule has 0 unspecified atom stereocenters. The molecule has 0 spiro atoms. The third-order valence-corrected chi connectivity index (χ3v) is 3.66. The number of amides is 2. The van der Waals surface area contributed by atoms with Crippen LogP contribution in [0.25, 0.3) is 0 Å². The topological polar surface area (TPSA) is 98.1 Å². The third-order valence-electron chi connectivity index (χ3n) is 3.66. The van der Waals surface area contributed by atoms with Crippen LogP contribution in [-0.2, 0) is 6.42 Å². The van der Waals surface area contributed by atoms with Crippen molar-refractivity contribution in [1.82, 2.24) is 4.90 Å². The summed E-state index contributed by atoms with van der Waals surface area (Å²) < 4.78 is 0. The molecule has 0 saturated heterocycles. The van der Waals surface area contributed by atoms with Crippen LogP contribution < -0.4 is 0 Å². The van der Waals surface area contributed by atoms with E-state index in [-0.39, 0.29) is 36.3 Å². The fourth-order valence-corrected chi connectivity index (χ4v) is 2.48. The molecule has 0 atom stereocenters. The molecule has 2 amide bonds. The predicted octanol–water partition coefficient (Wildman–Crippen LogP) is 1.64. The normalized spacial score (nSPS) is 13.5. The molecule has 0 radical (unpaired) electrons. The Kier molecular flexibility index (Phi) is 3.21. The molecule has 2 aromatic rings. The van der Waals surface area contributed by atoms with Gasteiger partial charge in [0, 0.05) is 12.6 Å². The molecule has 1 heterocycles. The summed E-state index contributed by atoms with van der Waals surface area (Å²) in [5, 5.41) is 28.5. The van der Waals surface area contributed by atoms with E-state index in [4.69, 9.17) is 0 Å². The standard InChI is InChI=1S/C16H13NO5/c18-12-8-14(20)13(19)7-9(12)5-6-17-15(21)10-3-1-2-4-11(10)16(17)22/h1-4,7-8,18-20H,5-6H2. The van der Waals surface area contributed by atoms with Gasteiger partial charge in [0.15, 0.2) is 11.5 Å². The number of phenolic OH excluding ortho intramolecular Hbond substituents is 3. The van der Waals surface area contributed by atoms with Crippen LogP contribution in [0.4, 0.5) is 0 Å². The molecule has 0 aromatic heterocycles. The summed E-state index contributed by atoms with van der Waals surface area (Å²) in [6.45, 7) is 0.0735. The van der Waals surface area contributed by atoms with Crippen molar-refractivity contribution in [3.8, 4) is 17.2 Å². The van der Waals surface area contributed by atoms with E-state index in [1.54, 1.807) is 24.3 Å². The summed E-state index contributed by atoms with van der Waals surface area (Å²) in [7, 11) is 0. The maximum atomic E-state index is 12.2. The Labute approximate surface area is 125 Å². The Balaban J connectivity index is 1.80. The van der Waals surface area contributed by atoms with Crippen molar-refractivity contribution >= 4 is 11.8 Å². The van der Waals surface area contributed by atoms with Crippen LogP contribution >= 0.6 is 0 Å². The Hall–Kier alpha value is -3.02. The van der Waals surface area contributed by atoms with Gasteiger partial charge in [-0.1, -0.05) is 12.1 Å². The minimum absolute atomic E-state index is 0.0735. The maximum Gasteiger partial charge on any atom is 0.261 e. The lowest BCUT2D eigenvalue weighted by molar-refractivity contribution is 0.0655. The molecule has 112 valence electrons. The van der Waals surface area contributed by atoms with Gasteiger partial charge in [0.2, 0.25) is 0 Å². The number of carbonyl (C=O) groups is 2. The molecule has 0 aliphatic carbocycles. The SMILES string of the molecule is O=C1c2ccccc2C(=O)N1CCc1cc(O)c(O)cc1O. The highest BCUT2D eigenvalue weighted by Crippen LogP contribution is 2.33. The number of carbonyl (C=O) groups excluding carboxylic acids is 2. The van der Waals surface area contributed by atoms with Gasteiger partial charge in [-0.2, -0.15) is 0 Å². The number of hydrogen-bond acceptors (Lipinski definition) is 5. The highest BCUT2D eigenvalue weighted by molar-refractivity contribution is 6.21.